The van der Waals surface area contributed by atoms with Gasteiger partial charge < -0.3 is 4.74 Å². The van der Waals surface area contributed by atoms with Gasteiger partial charge in [0.2, 0.25) is 5.82 Å². The van der Waals surface area contributed by atoms with Gasteiger partial charge in [-0.05, 0) is 75.0 Å². The zero-order chi connectivity index (χ0) is 21.0. The predicted octanol–water partition coefficient (Wildman–Crippen LogP) is 7.55. The molecule has 156 valence electrons. The van der Waals surface area contributed by atoms with Gasteiger partial charge in [-0.1, -0.05) is 24.3 Å². The molecule has 0 atom stereocenters. The van der Waals surface area contributed by atoms with Gasteiger partial charge in [0.05, 0.1) is 7.11 Å². The van der Waals surface area contributed by atoms with Gasteiger partial charge >= 0.3 is 0 Å². The van der Waals surface area contributed by atoms with Crippen LogP contribution in [0.2, 0.25) is 0 Å². The summed E-state index contributed by atoms with van der Waals surface area (Å²) >= 11 is 0. The minimum Gasteiger partial charge on any atom is -0.494 e. The molecule has 0 aromatic heterocycles. The lowest BCUT2D eigenvalue weighted by Gasteiger charge is -2.29. The second-order valence-electron chi connectivity index (χ2n) is 7.64. The van der Waals surface area contributed by atoms with E-state index in [1.54, 1.807) is 0 Å². The fourth-order valence-electron chi connectivity index (χ4n) is 4.25. The molecule has 0 amide bonds. The number of halogens is 4. The van der Waals surface area contributed by atoms with Crippen molar-refractivity contribution in [3.05, 3.63) is 65.2 Å². The average molecular weight is 406 g/mol. The molecule has 2 aromatic rings. The van der Waals surface area contributed by atoms with E-state index >= 15 is 0 Å². The predicted molar refractivity (Wildman–Crippen MR) is 107 cm³/mol. The van der Waals surface area contributed by atoms with Gasteiger partial charge in [0.25, 0.3) is 0 Å². The molecule has 0 bridgehead atoms. The molecule has 3 rings (SSSR count). The third-order valence-corrected chi connectivity index (χ3v) is 5.93. The van der Waals surface area contributed by atoms with E-state index in [4.69, 9.17) is 4.74 Å². The first kappa shape index (κ1) is 21.4. The molecule has 0 saturated heterocycles. The number of hydrogen-bond acceptors (Lipinski definition) is 1. The Morgan fingerprint density at radius 1 is 0.862 bits per heavy atom. The van der Waals surface area contributed by atoms with Crippen LogP contribution in [0.15, 0.2) is 36.4 Å². The van der Waals surface area contributed by atoms with Crippen molar-refractivity contribution in [3.8, 4) is 16.9 Å². The van der Waals surface area contributed by atoms with Crippen molar-refractivity contribution < 1.29 is 22.3 Å². The van der Waals surface area contributed by atoms with Crippen molar-refractivity contribution in [2.45, 2.75) is 51.4 Å². The van der Waals surface area contributed by atoms with E-state index < -0.39 is 23.3 Å². The molecule has 1 nitrogen and oxygen atoms in total. The van der Waals surface area contributed by atoms with Gasteiger partial charge in [-0.25, -0.2) is 13.2 Å². The van der Waals surface area contributed by atoms with Gasteiger partial charge in [-0.3, -0.25) is 0 Å². The number of rotatable bonds is 6. The lowest BCUT2D eigenvalue weighted by atomic mass is 9.77. The van der Waals surface area contributed by atoms with E-state index in [1.165, 1.54) is 31.4 Å². The Balaban J connectivity index is 1.80. The van der Waals surface area contributed by atoms with Gasteiger partial charge in [0.15, 0.2) is 23.2 Å². The first-order valence-electron chi connectivity index (χ1n) is 10.1. The van der Waals surface area contributed by atoms with E-state index in [1.807, 2.05) is 13.0 Å². The highest BCUT2D eigenvalue weighted by atomic mass is 19.2. The molecular formula is C24H26F4O. The van der Waals surface area contributed by atoms with Crippen LogP contribution in [0, 0.1) is 29.2 Å². The molecule has 29 heavy (non-hydrogen) atoms. The maximum atomic E-state index is 14.8. The Bertz CT molecular complexity index is 883. The van der Waals surface area contributed by atoms with Crippen LogP contribution >= 0.6 is 0 Å². The van der Waals surface area contributed by atoms with Crippen molar-refractivity contribution in [3.63, 3.8) is 0 Å². The van der Waals surface area contributed by atoms with Crippen molar-refractivity contribution in [2.75, 3.05) is 7.11 Å². The van der Waals surface area contributed by atoms with Crippen LogP contribution in [0.5, 0.6) is 5.75 Å². The monoisotopic (exact) mass is 406 g/mol. The second kappa shape index (κ2) is 9.47. The summed E-state index contributed by atoms with van der Waals surface area (Å²) in [6, 6.07) is 5.26. The van der Waals surface area contributed by atoms with Crippen molar-refractivity contribution in [2.24, 2.45) is 5.92 Å². The summed E-state index contributed by atoms with van der Waals surface area (Å²) in [5.74, 6) is -4.28. The number of hydrogen-bond donors (Lipinski definition) is 0. The van der Waals surface area contributed by atoms with Crippen LogP contribution < -0.4 is 4.74 Å². The molecule has 0 N–H and O–H groups in total. The van der Waals surface area contributed by atoms with E-state index in [9.17, 15) is 17.6 Å². The van der Waals surface area contributed by atoms with Crippen LogP contribution in [0.1, 0.15) is 56.9 Å². The highest BCUT2D eigenvalue weighted by molar-refractivity contribution is 5.66. The van der Waals surface area contributed by atoms with Crippen molar-refractivity contribution in [1.82, 2.24) is 0 Å². The Morgan fingerprint density at radius 2 is 1.48 bits per heavy atom. The van der Waals surface area contributed by atoms with Crippen LogP contribution in [-0.2, 0) is 0 Å². The second-order valence-corrected chi connectivity index (χ2v) is 7.64. The van der Waals surface area contributed by atoms with Gasteiger partial charge in [0, 0.05) is 11.1 Å². The summed E-state index contributed by atoms with van der Waals surface area (Å²) in [5.41, 5.74) is -0.281. The zero-order valence-corrected chi connectivity index (χ0v) is 16.8. The van der Waals surface area contributed by atoms with Crippen LogP contribution in [-0.4, -0.2) is 7.11 Å². The molecule has 1 fully saturated rings. The molecule has 1 aliphatic carbocycles. The van der Waals surface area contributed by atoms with Gasteiger partial charge in [0.1, 0.15) is 0 Å². The highest BCUT2D eigenvalue weighted by Gasteiger charge is 2.27. The third-order valence-electron chi connectivity index (χ3n) is 5.93. The average Bonchev–Trinajstić information content (AvgIpc) is 2.73. The largest absolute Gasteiger partial charge is 0.494 e. The van der Waals surface area contributed by atoms with E-state index in [-0.39, 0.29) is 22.8 Å². The summed E-state index contributed by atoms with van der Waals surface area (Å²) in [5, 5.41) is 0. The van der Waals surface area contributed by atoms with Crippen LogP contribution in [0.4, 0.5) is 17.6 Å². The molecule has 5 heteroatoms. The van der Waals surface area contributed by atoms with Crippen molar-refractivity contribution in [1.29, 1.82) is 0 Å². The minimum absolute atomic E-state index is 0.0473. The van der Waals surface area contributed by atoms with Gasteiger partial charge in [-0.15, -0.1) is 0 Å². The smallest absolute Gasteiger partial charge is 0.201 e. The summed E-state index contributed by atoms with van der Waals surface area (Å²) in [6.07, 6.45) is 9.96. The zero-order valence-electron chi connectivity index (χ0n) is 16.8. The molecular weight excluding hydrogens is 380 g/mol. The quantitative estimate of drug-likeness (QED) is 0.355. The SMILES string of the molecule is CC=CCCC1CCC(c2ccc(-c3ccc(OC)c(F)c3F)c(F)c2F)CC1. The highest BCUT2D eigenvalue weighted by Crippen LogP contribution is 2.40. The first-order chi connectivity index (χ1) is 14.0. The standard InChI is InChI=1S/C24H26F4O/c1-3-4-5-6-15-7-9-16(10-8-15)17-11-12-18(22(26)21(17)25)19-13-14-20(29-2)24(28)23(19)27/h3-4,11-16H,5-10H2,1-2H3. The number of benzene rings is 2. The lowest BCUT2D eigenvalue weighted by Crippen LogP contribution is -2.15. The summed E-state index contributed by atoms with van der Waals surface area (Å²) in [6.45, 7) is 2.00. The third kappa shape index (κ3) is 4.49. The van der Waals surface area contributed by atoms with Crippen LogP contribution in [0.25, 0.3) is 11.1 Å². The lowest BCUT2D eigenvalue weighted by molar-refractivity contribution is 0.306. The molecule has 0 aliphatic heterocycles. The molecule has 0 heterocycles. The molecule has 0 unspecified atom stereocenters. The van der Waals surface area contributed by atoms with E-state index in [0.717, 1.165) is 38.5 Å². The fourth-order valence-corrected chi connectivity index (χ4v) is 4.25. The molecule has 1 aliphatic rings. The Hall–Kier alpha value is -2.30. The maximum Gasteiger partial charge on any atom is 0.201 e. The minimum atomic E-state index is -1.25. The first-order valence-corrected chi connectivity index (χ1v) is 10.1. The normalized spacial score (nSPS) is 19.7. The van der Waals surface area contributed by atoms with Crippen molar-refractivity contribution >= 4 is 0 Å². The summed E-state index contributed by atoms with van der Waals surface area (Å²) in [4.78, 5) is 0. The van der Waals surface area contributed by atoms with Crippen LogP contribution in [0.3, 0.4) is 0 Å². The summed E-state index contributed by atoms with van der Waals surface area (Å²) in [7, 11) is 1.21. The maximum absolute atomic E-state index is 14.8. The number of ether oxygens (including phenoxy) is 1. The molecule has 2 aromatic carbocycles. The fraction of sp³-hybridized carbons (Fsp3) is 0.417. The number of allylic oxidation sites excluding steroid dienone is 2. The Labute approximate surface area is 169 Å². The van der Waals surface area contributed by atoms with E-state index in [0.29, 0.717) is 11.5 Å². The molecule has 1 saturated carbocycles. The Kier molecular flexibility index (Phi) is 6.99. The Morgan fingerprint density at radius 3 is 2.10 bits per heavy atom. The van der Waals surface area contributed by atoms with E-state index in [2.05, 4.69) is 6.08 Å². The topological polar surface area (TPSA) is 9.23 Å². The number of methoxy groups -OCH3 is 1. The molecule has 0 radical (unpaired) electrons. The van der Waals surface area contributed by atoms with Gasteiger partial charge in [-0.2, -0.15) is 4.39 Å². The summed E-state index contributed by atoms with van der Waals surface area (Å²) < 4.78 is 62.6. The molecule has 0 spiro atoms.